The van der Waals surface area contributed by atoms with Crippen LogP contribution in [0.5, 0.6) is 0 Å². The summed E-state index contributed by atoms with van der Waals surface area (Å²) < 4.78 is 13.5. The lowest BCUT2D eigenvalue weighted by molar-refractivity contribution is 0.0628. The van der Waals surface area contributed by atoms with Crippen molar-refractivity contribution in [3.63, 3.8) is 0 Å². The molecule has 4 nitrogen and oxygen atoms in total. The van der Waals surface area contributed by atoms with E-state index in [0.29, 0.717) is 24.1 Å². The first-order valence-corrected chi connectivity index (χ1v) is 10.8. The van der Waals surface area contributed by atoms with E-state index in [1.807, 2.05) is 12.1 Å². The number of pyridine rings is 1. The largest absolute Gasteiger partial charge is 0.331 e. The Kier molecular flexibility index (Phi) is 4.66. The highest BCUT2D eigenvalue weighted by molar-refractivity contribution is 5.95. The van der Waals surface area contributed by atoms with Crippen molar-refractivity contribution in [1.82, 2.24) is 15.2 Å². The zero-order valence-electron chi connectivity index (χ0n) is 16.9. The highest BCUT2D eigenvalue weighted by atomic mass is 19.1. The van der Waals surface area contributed by atoms with Gasteiger partial charge in [0.2, 0.25) is 0 Å². The van der Waals surface area contributed by atoms with Crippen molar-refractivity contribution in [2.45, 2.75) is 63.6 Å². The maximum Gasteiger partial charge on any atom is 0.255 e. The van der Waals surface area contributed by atoms with Crippen LogP contribution in [0.2, 0.25) is 0 Å². The van der Waals surface area contributed by atoms with Crippen molar-refractivity contribution < 1.29 is 9.18 Å². The molecule has 1 aromatic carbocycles. The first-order valence-electron chi connectivity index (χ1n) is 10.8. The highest BCUT2D eigenvalue weighted by Gasteiger charge is 2.57. The van der Waals surface area contributed by atoms with Crippen LogP contribution < -0.4 is 5.32 Å². The average Bonchev–Trinajstić information content (AvgIpc) is 2.82. The molecule has 0 radical (unpaired) electrons. The summed E-state index contributed by atoms with van der Waals surface area (Å²) in [7, 11) is 0. The minimum Gasteiger partial charge on any atom is -0.331 e. The van der Waals surface area contributed by atoms with Gasteiger partial charge in [0.05, 0.1) is 5.56 Å². The van der Waals surface area contributed by atoms with Gasteiger partial charge in [0.15, 0.2) is 0 Å². The van der Waals surface area contributed by atoms with Gasteiger partial charge in [0.25, 0.3) is 5.91 Å². The topological polar surface area (TPSA) is 45.2 Å². The lowest BCUT2D eigenvalue weighted by atomic mass is 9.72. The Morgan fingerprint density at radius 2 is 2.10 bits per heavy atom. The molecule has 1 saturated carbocycles. The third kappa shape index (κ3) is 3.25. The van der Waals surface area contributed by atoms with E-state index in [2.05, 4.69) is 22.1 Å². The van der Waals surface area contributed by atoms with Crippen LogP contribution in [0.1, 0.15) is 60.5 Å². The number of rotatable bonds is 3. The molecule has 1 aromatic heterocycles. The van der Waals surface area contributed by atoms with Crippen molar-refractivity contribution in [1.29, 1.82) is 0 Å². The number of amides is 1. The number of fused-ring (bicyclic) bond motifs is 1. The van der Waals surface area contributed by atoms with Crippen molar-refractivity contribution in [3.8, 4) is 0 Å². The van der Waals surface area contributed by atoms with Gasteiger partial charge in [-0.05, 0) is 55.0 Å². The standard InChI is InChI=1S/C24H28FN3O/c1-24-12-20-15-27-21(24)7-2-3-8-22(24)28(20)23(29)18-10-17(13-26-14-18)9-16-5-4-6-19(25)11-16/h4-6,10-11,13-14,20-22,27H,2-3,7-9,12,15H2,1H3/t20-,21+,22-,24+/m0/s1. The average molecular weight is 394 g/mol. The molecule has 2 aliphatic heterocycles. The Bertz CT molecular complexity index is 932. The van der Waals surface area contributed by atoms with Gasteiger partial charge in [-0.15, -0.1) is 0 Å². The minimum absolute atomic E-state index is 0.0988. The summed E-state index contributed by atoms with van der Waals surface area (Å²) in [5.41, 5.74) is 2.64. The van der Waals surface area contributed by atoms with E-state index in [1.54, 1.807) is 18.5 Å². The summed E-state index contributed by atoms with van der Waals surface area (Å²) in [4.78, 5) is 20.1. The van der Waals surface area contributed by atoms with Crippen molar-refractivity contribution in [3.05, 3.63) is 65.2 Å². The van der Waals surface area contributed by atoms with Crippen LogP contribution >= 0.6 is 0 Å². The molecule has 5 heteroatoms. The number of benzene rings is 1. The number of carbonyl (C=O) groups is 1. The third-order valence-corrected chi connectivity index (χ3v) is 7.36. The molecule has 1 N–H and O–H groups in total. The molecule has 5 rings (SSSR count). The van der Waals surface area contributed by atoms with E-state index in [1.165, 1.54) is 31.4 Å². The van der Waals surface area contributed by atoms with Crippen LogP contribution in [-0.2, 0) is 6.42 Å². The second-order valence-corrected chi connectivity index (χ2v) is 9.23. The van der Waals surface area contributed by atoms with E-state index in [4.69, 9.17) is 0 Å². The molecule has 3 aliphatic rings. The predicted octanol–water partition coefficient (Wildman–Crippen LogP) is 3.95. The van der Waals surface area contributed by atoms with Crippen molar-refractivity contribution in [2.75, 3.05) is 6.54 Å². The van der Waals surface area contributed by atoms with Gasteiger partial charge in [-0.2, -0.15) is 0 Å². The van der Waals surface area contributed by atoms with Crippen LogP contribution in [0.15, 0.2) is 42.7 Å². The maximum atomic E-state index is 13.6. The normalized spacial score (nSPS) is 30.8. The van der Waals surface area contributed by atoms with E-state index in [-0.39, 0.29) is 23.2 Å². The summed E-state index contributed by atoms with van der Waals surface area (Å²) in [6.07, 6.45) is 9.85. The fourth-order valence-corrected chi connectivity index (χ4v) is 6.00. The molecule has 2 aromatic rings. The van der Waals surface area contributed by atoms with Gasteiger partial charge in [-0.1, -0.05) is 31.9 Å². The molecule has 3 fully saturated rings. The Labute approximate surface area is 171 Å². The first kappa shape index (κ1) is 18.7. The van der Waals surface area contributed by atoms with Crippen LogP contribution in [0.4, 0.5) is 4.39 Å². The molecular weight excluding hydrogens is 365 g/mol. The van der Waals surface area contributed by atoms with Crippen LogP contribution in [0.3, 0.4) is 0 Å². The van der Waals surface area contributed by atoms with Gasteiger partial charge >= 0.3 is 0 Å². The fourth-order valence-electron chi connectivity index (χ4n) is 6.00. The van der Waals surface area contributed by atoms with Gasteiger partial charge < -0.3 is 10.2 Å². The predicted molar refractivity (Wildman–Crippen MR) is 110 cm³/mol. The Hall–Kier alpha value is -2.27. The molecule has 3 heterocycles. The molecule has 1 amide bonds. The molecule has 29 heavy (non-hydrogen) atoms. The van der Waals surface area contributed by atoms with E-state index < -0.39 is 0 Å². The zero-order valence-corrected chi connectivity index (χ0v) is 16.9. The quantitative estimate of drug-likeness (QED) is 0.859. The molecule has 0 unspecified atom stereocenters. The van der Waals surface area contributed by atoms with Gasteiger partial charge in [0, 0.05) is 42.5 Å². The van der Waals surface area contributed by atoms with Gasteiger partial charge in [0.1, 0.15) is 5.82 Å². The zero-order chi connectivity index (χ0) is 20.0. The fraction of sp³-hybridized carbons (Fsp3) is 0.500. The van der Waals surface area contributed by atoms with Crippen LogP contribution in [-0.4, -0.2) is 40.5 Å². The maximum absolute atomic E-state index is 13.6. The van der Waals surface area contributed by atoms with E-state index in [0.717, 1.165) is 30.5 Å². The molecule has 0 spiro atoms. The molecule has 152 valence electrons. The number of nitrogens with one attached hydrogen (secondary N) is 1. The smallest absolute Gasteiger partial charge is 0.255 e. The summed E-state index contributed by atoms with van der Waals surface area (Å²) in [5, 5.41) is 3.73. The number of piperidine rings is 1. The Morgan fingerprint density at radius 3 is 2.97 bits per heavy atom. The third-order valence-electron chi connectivity index (χ3n) is 7.36. The Balaban J connectivity index is 1.42. The number of likely N-dealkylation sites (tertiary alicyclic amines) is 1. The molecule has 4 atom stereocenters. The van der Waals surface area contributed by atoms with E-state index >= 15 is 0 Å². The lowest BCUT2D eigenvalue weighted by Gasteiger charge is -2.39. The summed E-state index contributed by atoms with van der Waals surface area (Å²) in [5.74, 6) is -0.141. The monoisotopic (exact) mass is 393 g/mol. The highest BCUT2D eigenvalue weighted by Crippen LogP contribution is 2.50. The van der Waals surface area contributed by atoms with Gasteiger partial charge in [-0.25, -0.2) is 4.39 Å². The number of nitrogens with zero attached hydrogens (tertiary/aromatic N) is 2. The summed E-state index contributed by atoms with van der Waals surface area (Å²) in [6.45, 7) is 3.26. The minimum atomic E-state index is -0.240. The van der Waals surface area contributed by atoms with Gasteiger partial charge in [-0.3, -0.25) is 9.78 Å². The van der Waals surface area contributed by atoms with Crippen molar-refractivity contribution in [2.24, 2.45) is 5.41 Å². The number of carbonyl (C=O) groups excluding carboxylic acids is 1. The van der Waals surface area contributed by atoms with Crippen LogP contribution in [0, 0.1) is 11.2 Å². The number of hydrogen-bond acceptors (Lipinski definition) is 3. The lowest BCUT2D eigenvalue weighted by Crippen LogP contribution is -2.51. The first-order chi connectivity index (χ1) is 14.0. The number of halogens is 1. The second-order valence-electron chi connectivity index (χ2n) is 9.23. The van der Waals surface area contributed by atoms with E-state index in [9.17, 15) is 9.18 Å². The Morgan fingerprint density at radius 1 is 1.24 bits per heavy atom. The molecule has 1 aliphatic carbocycles. The molecular formula is C24H28FN3O. The number of aromatic nitrogens is 1. The summed E-state index contributed by atoms with van der Waals surface area (Å²) in [6, 6.07) is 9.62. The molecule has 2 saturated heterocycles. The second kappa shape index (κ2) is 7.21. The summed E-state index contributed by atoms with van der Waals surface area (Å²) >= 11 is 0. The number of hydrogen-bond donors (Lipinski definition) is 1. The van der Waals surface area contributed by atoms with Crippen LogP contribution in [0.25, 0.3) is 0 Å². The molecule has 2 bridgehead atoms. The SMILES string of the molecule is C[C@@]12C[C@H]3CN[C@@H]1CCCC[C@@H]2N3C(=O)c1cncc(Cc2cccc(F)c2)c1. The van der Waals surface area contributed by atoms with Crippen molar-refractivity contribution >= 4 is 5.91 Å².